The second kappa shape index (κ2) is 6.26. The second-order valence-electron chi connectivity index (χ2n) is 5.03. The largest absolute Gasteiger partial charge is 0.489 e. The molecule has 2 aromatic carbocycles. The Morgan fingerprint density at radius 1 is 1.05 bits per heavy atom. The summed E-state index contributed by atoms with van der Waals surface area (Å²) in [6.07, 6.45) is 1.80. The molecule has 0 aliphatic rings. The van der Waals surface area contributed by atoms with Gasteiger partial charge in [0.05, 0.1) is 11.9 Å². The molecule has 0 fully saturated rings. The zero-order chi connectivity index (χ0) is 15.4. The summed E-state index contributed by atoms with van der Waals surface area (Å²) in [5, 5.41) is 9.84. The van der Waals surface area contributed by atoms with Crippen LogP contribution in [0.3, 0.4) is 0 Å². The van der Waals surface area contributed by atoms with Gasteiger partial charge >= 0.3 is 5.97 Å². The van der Waals surface area contributed by atoms with Crippen LogP contribution >= 0.6 is 0 Å². The molecule has 0 aliphatic carbocycles. The Labute approximate surface area is 128 Å². The summed E-state index contributed by atoms with van der Waals surface area (Å²) in [4.78, 5) is 15.0. The fourth-order valence-corrected chi connectivity index (χ4v) is 2.25. The molecule has 1 aromatic heterocycles. The first-order valence-corrected chi connectivity index (χ1v) is 6.98. The van der Waals surface area contributed by atoms with Gasteiger partial charge in [0.1, 0.15) is 12.4 Å². The number of benzene rings is 2. The molecule has 1 heterocycles. The van der Waals surface area contributed by atoms with E-state index in [0.717, 1.165) is 27.8 Å². The molecule has 0 spiro atoms. The number of aliphatic carboxylic acids is 1. The van der Waals surface area contributed by atoms with Crippen LogP contribution in [0.4, 0.5) is 0 Å². The number of carbonyl (C=O) groups is 1. The summed E-state index contributed by atoms with van der Waals surface area (Å²) >= 11 is 0. The number of rotatable bonds is 5. The fraction of sp³-hybridized carbons (Fsp3) is 0.111. The van der Waals surface area contributed by atoms with Crippen molar-refractivity contribution in [1.29, 1.82) is 0 Å². The van der Waals surface area contributed by atoms with E-state index in [9.17, 15) is 4.79 Å². The third kappa shape index (κ3) is 3.41. The van der Waals surface area contributed by atoms with Crippen LogP contribution in [0.2, 0.25) is 0 Å². The zero-order valence-electron chi connectivity index (χ0n) is 11.9. The number of carboxylic acid groups (broad SMARTS) is 1. The molecule has 4 nitrogen and oxygen atoms in total. The van der Waals surface area contributed by atoms with Gasteiger partial charge in [-0.1, -0.05) is 30.3 Å². The molecule has 0 amide bonds. The van der Waals surface area contributed by atoms with Crippen molar-refractivity contribution in [2.24, 2.45) is 0 Å². The predicted molar refractivity (Wildman–Crippen MR) is 83.9 cm³/mol. The average Bonchev–Trinajstić information content (AvgIpc) is 2.53. The molecule has 0 atom stereocenters. The van der Waals surface area contributed by atoms with Crippen molar-refractivity contribution in [3.63, 3.8) is 0 Å². The number of nitrogens with zero attached hydrogens (tertiary/aromatic N) is 1. The van der Waals surface area contributed by atoms with Gasteiger partial charge in [-0.2, -0.15) is 0 Å². The smallest absolute Gasteiger partial charge is 0.307 e. The van der Waals surface area contributed by atoms with Crippen LogP contribution < -0.4 is 4.74 Å². The van der Waals surface area contributed by atoms with Gasteiger partial charge in [0.25, 0.3) is 0 Å². The second-order valence-corrected chi connectivity index (χ2v) is 5.03. The third-order valence-electron chi connectivity index (χ3n) is 3.35. The third-order valence-corrected chi connectivity index (χ3v) is 3.35. The van der Waals surface area contributed by atoms with Crippen LogP contribution in [0.25, 0.3) is 10.9 Å². The number of hydrogen-bond donors (Lipinski definition) is 1. The highest BCUT2D eigenvalue weighted by molar-refractivity contribution is 5.78. The maximum Gasteiger partial charge on any atom is 0.307 e. The molecule has 0 unspecified atom stereocenters. The summed E-state index contributed by atoms with van der Waals surface area (Å²) in [5.41, 5.74) is 2.75. The first-order chi connectivity index (χ1) is 10.7. The maximum absolute atomic E-state index is 10.6. The van der Waals surface area contributed by atoms with E-state index in [1.165, 1.54) is 0 Å². The van der Waals surface area contributed by atoms with E-state index < -0.39 is 5.97 Å². The van der Waals surface area contributed by atoms with Gasteiger partial charge in [0, 0.05) is 11.6 Å². The van der Waals surface area contributed by atoms with Crippen molar-refractivity contribution < 1.29 is 14.6 Å². The van der Waals surface area contributed by atoms with Crippen LogP contribution in [0, 0.1) is 0 Å². The maximum atomic E-state index is 10.6. The number of ether oxygens (including phenoxy) is 1. The van der Waals surface area contributed by atoms with Gasteiger partial charge in [-0.25, -0.2) is 0 Å². The molecule has 22 heavy (non-hydrogen) atoms. The number of aromatic nitrogens is 1. The van der Waals surface area contributed by atoms with Crippen LogP contribution in [-0.2, 0) is 17.8 Å². The van der Waals surface area contributed by atoms with Crippen molar-refractivity contribution in [1.82, 2.24) is 4.98 Å². The molecule has 3 aromatic rings. The number of pyridine rings is 1. The molecule has 0 aliphatic heterocycles. The highest BCUT2D eigenvalue weighted by Crippen LogP contribution is 2.17. The lowest BCUT2D eigenvalue weighted by molar-refractivity contribution is -0.136. The summed E-state index contributed by atoms with van der Waals surface area (Å²) < 4.78 is 5.73. The lowest BCUT2D eigenvalue weighted by atomic mass is 10.1. The number of fused-ring (bicyclic) bond motifs is 1. The Kier molecular flexibility index (Phi) is 4.01. The highest BCUT2D eigenvalue weighted by Gasteiger charge is 2.02. The van der Waals surface area contributed by atoms with Crippen molar-refractivity contribution in [3.05, 3.63) is 71.9 Å². The molecule has 110 valence electrons. The molecule has 0 saturated carbocycles. The van der Waals surface area contributed by atoms with Gasteiger partial charge < -0.3 is 9.84 Å². The summed E-state index contributed by atoms with van der Waals surface area (Å²) in [6, 6.07) is 17.1. The highest BCUT2D eigenvalue weighted by atomic mass is 16.5. The first-order valence-electron chi connectivity index (χ1n) is 6.98. The quantitative estimate of drug-likeness (QED) is 0.783. The summed E-state index contributed by atoms with van der Waals surface area (Å²) in [5.74, 6) is -0.118. The van der Waals surface area contributed by atoms with Crippen molar-refractivity contribution >= 4 is 16.9 Å². The molecule has 4 heteroatoms. The zero-order valence-corrected chi connectivity index (χ0v) is 11.9. The van der Waals surface area contributed by atoms with Crippen LogP contribution in [0.15, 0.2) is 60.8 Å². The molecule has 1 N–H and O–H groups in total. The Balaban J connectivity index is 1.67. The van der Waals surface area contributed by atoms with E-state index >= 15 is 0 Å². The Morgan fingerprint density at radius 3 is 2.59 bits per heavy atom. The first kappa shape index (κ1) is 14.1. The lowest BCUT2D eigenvalue weighted by Gasteiger charge is -2.07. The van der Waals surface area contributed by atoms with E-state index in [1.54, 1.807) is 30.5 Å². The minimum absolute atomic E-state index is 0.0244. The Bertz CT molecular complexity index is 797. The Morgan fingerprint density at radius 2 is 1.82 bits per heavy atom. The molecule has 0 radical (unpaired) electrons. The van der Waals surface area contributed by atoms with Crippen LogP contribution in [-0.4, -0.2) is 16.1 Å². The van der Waals surface area contributed by atoms with Gasteiger partial charge in [0.15, 0.2) is 0 Å². The van der Waals surface area contributed by atoms with Crippen LogP contribution in [0.1, 0.15) is 11.1 Å². The van der Waals surface area contributed by atoms with E-state index in [4.69, 9.17) is 9.84 Å². The molecule has 3 rings (SSSR count). The van der Waals surface area contributed by atoms with E-state index in [1.807, 2.05) is 30.3 Å². The van der Waals surface area contributed by atoms with Gasteiger partial charge in [-0.05, 0) is 35.4 Å². The fourth-order valence-electron chi connectivity index (χ4n) is 2.25. The van der Waals surface area contributed by atoms with Gasteiger partial charge in [0.2, 0.25) is 0 Å². The minimum atomic E-state index is -0.836. The number of hydrogen-bond acceptors (Lipinski definition) is 3. The lowest BCUT2D eigenvalue weighted by Crippen LogP contribution is -2.00. The van der Waals surface area contributed by atoms with Gasteiger partial charge in [-0.3, -0.25) is 9.78 Å². The van der Waals surface area contributed by atoms with Crippen LogP contribution in [0.5, 0.6) is 5.75 Å². The van der Waals surface area contributed by atoms with E-state index in [-0.39, 0.29) is 6.42 Å². The van der Waals surface area contributed by atoms with Crippen molar-refractivity contribution in [2.45, 2.75) is 13.0 Å². The normalized spacial score (nSPS) is 10.5. The Hall–Kier alpha value is -2.88. The minimum Gasteiger partial charge on any atom is -0.489 e. The monoisotopic (exact) mass is 293 g/mol. The van der Waals surface area contributed by atoms with Crippen molar-refractivity contribution in [2.75, 3.05) is 0 Å². The summed E-state index contributed by atoms with van der Waals surface area (Å²) in [7, 11) is 0. The molecule has 0 saturated heterocycles. The van der Waals surface area contributed by atoms with Gasteiger partial charge in [-0.15, -0.1) is 0 Å². The molecule has 0 bridgehead atoms. The van der Waals surface area contributed by atoms with E-state index in [2.05, 4.69) is 4.98 Å². The predicted octanol–water partition coefficient (Wildman–Crippen LogP) is 3.44. The average molecular weight is 293 g/mol. The van der Waals surface area contributed by atoms with E-state index in [0.29, 0.717) is 6.61 Å². The summed E-state index contributed by atoms with van der Waals surface area (Å²) in [6.45, 7) is 0.449. The standard InChI is InChI=1S/C18H15NO3/c20-18(21)11-13-4-7-16(8-5-13)22-12-14-3-6-15-2-1-9-19-17(15)10-14/h1-10H,11-12H2,(H,20,21). The SMILES string of the molecule is O=C(O)Cc1ccc(OCc2ccc3cccnc3c2)cc1. The topological polar surface area (TPSA) is 59.4 Å². The molecular formula is C18H15NO3. The molecular weight excluding hydrogens is 278 g/mol. The van der Waals surface area contributed by atoms with Crippen molar-refractivity contribution in [3.8, 4) is 5.75 Å². The number of carboxylic acids is 1.